The number of aromatic nitrogens is 1. The number of amides is 1. The second-order valence-corrected chi connectivity index (χ2v) is 9.47. The molecule has 1 aromatic heterocycles. The van der Waals surface area contributed by atoms with Gasteiger partial charge in [0.2, 0.25) is 0 Å². The number of alkyl carbamates (subject to hydrolysis) is 1. The summed E-state index contributed by atoms with van der Waals surface area (Å²) in [6.45, 7) is 1.88. The number of carbonyl (C=O) groups excluding carboxylic acids is 1. The molecule has 1 aliphatic carbocycles. The molecule has 0 unspecified atom stereocenters. The number of fused-ring (bicyclic) bond motifs is 2. The lowest BCUT2D eigenvalue weighted by Crippen LogP contribution is -2.49. The molecule has 1 fully saturated rings. The van der Waals surface area contributed by atoms with Crippen LogP contribution >= 0.6 is 0 Å². The van der Waals surface area contributed by atoms with E-state index in [0.717, 1.165) is 24.9 Å². The SMILES string of the molecule is COc1ccc(CCNC(=O)OC[C@@H]2C[C@@H]3c4cccc5[nH]cc(c45)C[C@H]3N(C)C2)cc1OC. The average Bonchev–Trinajstić information content (AvgIpc) is 3.27. The molecular weight excluding hydrogens is 430 g/mol. The molecule has 2 heterocycles. The van der Waals surface area contributed by atoms with Crippen molar-refractivity contribution in [2.45, 2.75) is 31.2 Å². The predicted molar refractivity (Wildman–Crippen MR) is 132 cm³/mol. The highest BCUT2D eigenvalue weighted by atomic mass is 16.5. The third-order valence-electron chi connectivity index (χ3n) is 7.39. The van der Waals surface area contributed by atoms with E-state index in [-0.39, 0.29) is 6.09 Å². The van der Waals surface area contributed by atoms with Gasteiger partial charge in [-0.3, -0.25) is 0 Å². The molecule has 0 bridgehead atoms. The van der Waals surface area contributed by atoms with E-state index in [1.807, 2.05) is 18.2 Å². The fraction of sp³-hybridized carbons (Fsp3) is 0.444. The van der Waals surface area contributed by atoms with E-state index in [1.165, 1.54) is 22.0 Å². The van der Waals surface area contributed by atoms with Crippen molar-refractivity contribution in [3.63, 3.8) is 0 Å². The van der Waals surface area contributed by atoms with Crippen molar-refractivity contribution in [2.24, 2.45) is 5.92 Å². The summed E-state index contributed by atoms with van der Waals surface area (Å²) in [4.78, 5) is 18.2. The summed E-state index contributed by atoms with van der Waals surface area (Å²) in [5, 5.41) is 4.27. The van der Waals surface area contributed by atoms with Crippen LogP contribution in [0, 0.1) is 5.92 Å². The maximum absolute atomic E-state index is 12.4. The molecular formula is C27H33N3O4. The van der Waals surface area contributed by atoms with Crippen molar-refractivity contribution in [1.82, 2.24) is 15.2 Å². The van der Waals surface area contributed by atoms with Gasteiger partial charge >= 0.3 is 6.09 Å². The van der Waals surface area contributed by atoms with Gasteiger partial charge in [0.1, 0.15) is 0 Å². The predicted octanol–water partition coefficient (Wildman–Crippen LogP) is 4.11. The molecule has 7 nitrogen and oxygen atoms in total. The zero-order valence-electron chi connectivity index (χ0n) is 20.1. The first kappa shape index (κ1) is 22.6. The largest absolute Gasteiger partial charge is 0.493 e. The Morgan fingerprint density at radius 1 is 1.18 bits per heavy atom. The molecule has 0 saturated carbocycles. The van der Waals surface area contributed by atoms with Crippen LogP contribution in [0.3, 0.4) is 0 Å². The highest BCUT2D eigenvalue weighted by Gasteiger charge is 2.39. The molecule has 3 atom stereocenters. The van der Waals surface area contributed by atoms with Gasteiger partial charge in [-0.25, -0.2) is 4.79 Å². The van der Waals surface area contributed by atoms with Crippen LogP contribution in [-0.2, 0) is 17.6 Å². The van der Waals surface area contributed by atoms with Gasteiger partial charge in [0.15, 0.2) is 11.5 Å². The molecule has 0 spiro atoms. The van der Waals surface area contributed by atoms with Crippen LogP contribution in [0.25, 0.3) is 10.9 Å². The lowest BCUT2D eigenvalue weighted by atomic mass is 9.72. The number of ether oxygens (including phenoxy) is 3. The molecule has 180 valence electrons. The van der Waals surface area contributed by atoms with Gasteiger partial charge in [0.25, 0.3) is 0 Å². The summed E-state index contributed by atoms with van der Waals surface area (Å²) in [6, 6.07) is 12.9. The number of H-pyrrole nitrogens is 1. The molecule has 1 saturated heterocycles. The van der Waals surface area contributed by atoms with Gasteiger partial charge < -0.3 is 29.4 Å². The molecule has 2 aliphatic rings. The van der Waals surface area contributed by atoms with Crippen LogP contribution in [0.2, 0.25) is 0 Å². The van der Waals surface area contributed by atoms with Gasteiger partial charge in [-0.2, -0.15) is 0 Å². The van der Waals surface area contributed by atoms with E-state index in [4.69, 9.17) is 14.2 Å². The van der Waals surface area contributed by atoms with Crippen molar-refractivity contribution in [1.29, 1.82) is 0 Å². The van der Waals surface area contributed by atoms with Gasteiger partial charge in [-0.1, -0.05) is 18.2 Å². The summed E-state index contributed by atoms with van der Waals surface area (Å²) in [5.41, 5.74) is 5.14. The third-order valence-corrected chi connectivity index (χ3v) is 7.39. The number of hydrogen-bond acceptors (Lipinski definition) is 5. The van der Waals surface area contributed by atoms with Gasteiger partial charge in [0, 0.05) is 48.1 Å². The molecule has 1 aliphatic heterocycles. The van der Waals surface area contributed by atoms with E-state index in [2.05, 4.69) is 46.6 Å². The molecule has 3 aromatic rings. The van der Waals surface area contributed by atoms with Crippen LogP contribution in [0.4, 0.5) is 4.79 Å². The molecule has 2 N–H and O–H groups in total. The number of carbonyl (C=O) groups is 1. The Bertz CT molecular complexity index is 1170. The molecule has 34 heavy (non-hydrogen) atoms. The number of nitrogens with one attached hydrogen (secondary N) is 2. The topological polar surface area (TPSA) is 75.8 Å². The maximum Gasteiger partial charge on any atom is 0.407 e. The zero-order chi connectivity index (χ0) is 23.7. The molecule has 2 aromatic carbocycles. The number of piperidine rings is 1. The Balaban J connectivity index is 1.14. The third kappa shape index (κ3) is 4.32. The van der Waals surface area contributed by atoms with Gasteiger partial charge in [-0.15, -0.1) is 0 Å². The normalized spacial score (nSPS) is 21.7. The summed E-state index contributed by atoms with van der Waals surface area (Å²) in [5.74, 6) is 2.17. The standard InChI is InChI=1S/C27H33N3O4/c1-30-15-18(11-21-20-5-4-6-22-26(20)19(14-29-22)13-23(21)30)16-34-27(31)28-10-9-17-7-8-24(32-2)25(12-17)33-3/h4-8,12,14,18,21,23,29H,9-11,13,15-16H2,1-3H3,(H,28,31)/t18-,21-,23-/m1/s1. The molecule has 1 amide bonds. The second-order valence-electron chi connectivity index (χ2n) is 9.47. The Morgan fingerprint density at radius 2 is 2.03 bits per heavy atom. The van der Waals surface area contributed by atoms with Crippen LogP contribution in [0.1, 0.15) is 29.0 Å². The lowest BCUT2D eigenvalue weighted by Gasteiger charge is -2.45. The van der Waals surface area contributed by atoms with E-state index in [0.29, 0.717) is 48.9 Å². The van der Waals surface area contributed by atoms with Crippen LogP contribution in [0.15, 0.2) is 42.6 Å². The Kier molecular flexibility index (Phi) is 6.37. The Morgan fingerprint density at radius 3 is 2.85 bits per heavy atom. The number of rotatable bonds is 7. The van der Waals surface area contributed by atoms with E-state index < -0.39 is 0 Å². The van der Waals surface area contributed by atoms with Crippen LogP contribution < -0.4 is 14.8 Å². The number of likely N-dealkylation sites (tertiary alicyclic amines) is 1. The smallest absolute Gasteiger partial charge is 0.407 e. The monoisotopic (exact) mass is 463 g/mol. The summed E-state index contributed by atoms with van der Waals surface area (Å²) < 4.78 is 16.2. The number of aromatic amines is 1. The highest BCUT2D eigenvalue weighted by Crippen LogP contribution is 2.44. The van der Waals surface area contributed by atoms with Gasteiger partial charge in [-0.05, 0) is 61.2 Å². The number of likely N-dealkylation sites (N-methyl/N-ethyl adjacent to an activating group) is 1. The first-order valence-corrected chi connectivity index (χ1v) is 12.0. The quantitative estimate of drug-likeness (QED) is 0.552. The van der Waals surface area contributed by atoms with Crippen molar-refractivity contribution < 1.29 is 19.0 Å². The lowest BCUT2D eigenvalue weighted by molar-refractivity contribution is 0.0622. The summed E-state index contributed by atoms with van der Waals surface area (Å²) in [6.07, 6.45) is 4.61. The minimum absolute atomic E-state index is 0.318. The molecule has 5 rings (SSSR count). The fourth-order valence-electron chi connectivity index (χ4n) is 5.76. The van der Waals surface area contributed by atoms with Crippen molar-refractivity contribution in [2.75, 3.05) is 41.0 Å². The van der Waals surface area contributed by atoms with Crippen LogP contribution in [0.5, 0.6) is 11.5 Å². The first-order chi connectivity index (χ1) is 16.6. The van der Waals surface area contributed by atoms with E-state index >= 15 is 0 Å². The van der Waals surface area contributed by atoms with Crippen molar-refractivity contribution >= 4 is 17.0 Å². The average molecular weight is 464 g/mol. The number of hydrogen-bond donors (Lipinski definition) is 2. The van der Waals surface area contributed by atoms with Crippen molar-refractivity contribution in [3.05, 3.63) is 59.3 Å². The minimum Gasteiger partial charge on any atom is -0.493 e. The number of nitrogens with zero attached hydrogens (tertiary/aromatic N) is 1. The minimum atomic E-state index is -0.357. The molecule has 0 radical (unpaired) electrons. The number of benzene rings is 2. The zero-order valence-corrected chi connectivity index (χ0v) is 20.1. The molecule has 7 heteroatoms. The summed E-state index contributed by atoms with van der Waals surface area (Å²) in [7, 11) is 5.43. The van der Waals surface area contributed by atoms with Gasteiger partial charge in [0.05, 0.1) is 20.8 Å². The Hall–Kier alpha value is -3.19. The fourth-order valence-corrected chi connectivity index (χ4v) is 5.76. The maximum atomic E-state index is 12.4. The second kappa shape index (κ2) is 9.58. The van der Waals surface area contributed by atoms with E-state index in [9.17, 15) is 4.79 Å². The van der Waals surface area contributed by atoms with Crippen molar-refractivity contribution in [3.8, 4) is 11.5 Å². The highest BCUT2D eigenvalue weighted by molar-refractivity contribution is 5.88. The summed E-state index contributed by atoms with van der Waals surface area (Å²) >= 11 is 0. The van der Waals surface area contributed by atoms with Crippen LogP contribution in [-0.4, -0.2) is 63.0 Å². The Labute approximate surface area is 200 Å². The number of methoxy groups -OCH3 is 2. The first-order valence-electron chi connectivity index (χ1n) is 12.0. The van der Waals surface area contributed by atoms with E-state index in [1.54, 1.807) is 14.2 Å².